The summed E-state index contributed by atoms with van der Waals surface area (Å²) in [5.74, 6) is -0.772. The molecule has 3 aromatic rings. The van der Waals surface area contributed by atoms with Crippen molar-refractivity contribution in [2.24, 2.45) is 0 Å². The molecule has 0 spiro atoms. The normalized spacial score (nSPS) is 14.4. The van der Waals surface area contributed by atoms with Crippen molar-refractivity contribution in [3.05, 3.63) is 77.5 Å². The van der Waals surface area contributed by atoms with Crippen LogP contribution in [0.2, 0.25) is 0 Å². The first-order chi connectivity index (χ1) is 14.5. The van der Waals surface area contributed by atoms with E-state index < -0.39 is 17.9 Å². The molecule has 2 aromatic carbocycles. The number of esters is 1. The van der Waals surface area contributed by atoms with Crippen LogP contribution in [0, 0.1) is 6.92 Å². The lowest BCUT2D eigenvalue weighted by Crippen LogP contribution is -2.18. The minimum Gasteiger partial charge on any atom is -0.470 e. The van der Waals surface area contributed by atoms with Gasteiger partial charge in [-0.2, -0.15) is 0 Å². The van der Waals surface area contributed by atoms with E-state index in [9.17, 15) is 9.59 Å². The van der Waals surface area contributed by atoms with Crippen LogP contribution in [0.4, 0.5) is 5.69 Å². The van der Waals surface area contributed by atoms with Crippen molar-refractivity contribution < 1.29 is 23.5 Å². The van der Waals surface area contributed by atoms with Crippen LogP contribution in [0.5, 0.6) is 0 Å². The van der Waals surface area contributed by atoms with Crippen molar-refractivity contribution in [1.29, 1.82) is 0 Å². The Morgan fingerprint density at radius 1 is 1.10 bits per heavy atom. The van der Waals surface area contributed by atoms with Gasteiger partial charge in [-0.1, -0.05) is 35.9 Å². The van der Waals surface area contributed by atoms with Crippen LogP contribution in [0.25, 0.3) is 11.5 Å². The topological polar surface area (TPSA) is 104 Å². The Morgan fingerprint density at radius 3 is 2.57 bits per heavy atom. The highest BCUT2D eigenvalue weighted by molar-refractivity contribution is 6.19. The second kappa shape index (κ2) is 8.20. The standard InChI is InChI=1S/C22H19N3O5/c1-13-8-10-15(11-9-13)20-25-24-19(30-20)14(2)29-22(27)18-17(26)12-28-21(18)23-16-6-4-3-5-7-16/h3-11,14,23H,12H2,1-2H3/t14-/m0/s1. The predicted molar refractivity (Wildman–Crippen MR) is 107 cm³/mol. The number of nitrogens with zero attached hydrogens (tertiary/aromatic N) is 2. The molecular formula is C22H19N3O5. The smallest absolute Gasteiger partial charge is 0.348 e. The van der Waals surface area contributed by atoms with Gasteiger partial charge in [-0.25, -0.2) is 4.79 Å². The van der Waals surface area contributed by atoms with Crippen molar-refractivity contribution in [3.8, 4) is 11.5 Å². The minimum absolute atomic E-state index is 0.0641. The number of aryl methyl sites for hydroxylation is 1. The number of rotatable bonds is 6. The molecule has 0 aliphatic carbocycles. The molecule has 1 aliphatic rings. The fourth-order valence-electron chi connectivity index (χ4n) is 2.85. The van der Waals surface area contributed by atoms with Crippen molar-refractivity contribution in [2.75, 3.05) is 11.9 Å². The van der Waals surface area contributed by atoms with Gasteiger partial charge < -0.3 is 19.2 Å². The first-order valence-corrected chi connectivity index (χ1v) is 9.35. The van der Waals surface area contributed by atoms with E-state index in [1.807, 2.05) is 49.4 Å². The van der Waals surface area contributed by atoms with E-state index in [0.717, 1.165) is 11.1 Å². The molecule has 0 saturated carbocycles. The second-order valence-electron chi connectivity index (χ2n) is 6.77. The number of ether oxygens (including phenoxy) is 2. The van der Waals surface area contributed by atoms with Crippen LogP contribution in [-0.4, -0.2) is 28.6 Å². The van der Waals surface area contributed by atoms with Gasteiger partial charge in [0.2, 0.25) is 17.6 Å². The highest BCUT2D eigenvalue weighted by Crippen LogP contribution is 2.26. The van der Waals surface area contributed by atoms with Crippen molar-refractivity contribution >= 4 is 17.4 Å². The molecule has 152 valence electrons. The minimum atomic E-state index is -0.844. The number of carbonyl (C=O) groups is 2. The number of anilines is 1. The lowest BCUT2D eigenvalue weighted by Gasteiger charge is -2.11. The molecule has 4 rings (SSSR count). The van der Waals surface area contributed by atoms with Crippen LogP contribution in [-0.2, 0) is 19.1 Å². The molecule has 0 radical (unpaired) electrons. The number of ketones is 1. The summed E-state index contributed by atoms with van der Waals surface area (Å²) in [7, 11) is 0. The maximum Gasteiger partial charge on any atom is 0.348 e. The number of aromatic nitrogens is 2. The van der Waals surface area contributed by atoms with Gasteiger partial charge in [0.25, 0.3) is 5.89 Å². The SMILES string of the molecule is Cc1ccc(-c2nnc([C@H](C)OC(=O)C3=C(Nc4ccccc4)OCC3=O)o2)cc1. The van der Waals surface area contributed by atoms with Gasteiger partial charge in [0.05, 0.1) is 0 Å². The summed E-state index contributed by atoms with van der Waals surface area (Å²) in [6, 6.07) is 16.7. The zero-order chi connectivity index (χ0) is 21.1. The molecule has 1 aromatic heterocycles. The van der Waals surface area contributed by atoms with Gasteiger partial charge in [0, 0.05) is 11.3 Å². The van der Waals surface area contributed by atoms with Gasteiger partial charge in [-0.05, 0) is 38.1 Å². The second-order valence-corrected chi connectivity index (χ2v) is 6.77. The third-order valence-corrected chi connectivity index (χ3v) is 4.46. The summed E-state index contributed by atoms with van der Waals surface area (Å²) >= 11 is 0. The fraction of sp³-hybridized carbons (Fsp3) is 0.182. The molecule has 1 aliphatic heterocycles. The number of nitrogens with one attached hydrogen (secondary N) is 1. The largest absolute Gasteiger partial charge is 0.470 e. The molecule has 1 atom stereocenters. The number of benzene rings is 2. The monoisotopic (exact) mass is 405 g/mol. The first-order valence-electron chi connectivity index (χ1n) is 9.35. The van der Waals surface area contributed by atoms with Crippen LogP contribution < -0.4 is 5.32 Å². The maximum absolute atomic E-state index is 12.6. The predicted octanol–water partition coefficient (Wildman–Crippen LogP) is 3.57. The summed E-state index contributed by atoms with van der Waals surface area (Å²) in [5.41, 5.74) is 2.37. The summed E-state index contributed by atoms with van der Waals surface area (Å²) in [6.07, 6.45) is -0.844. The number of para-hydroxylation sites is 1. The average molecular weight is 405 g/mol. The third-order valence-electron chi connectivity index (χ3n) is 4.46. The molecule has 0 unspecified atom stereocenters. The van der Waals surface area contributed by atoms with Crippen LogP contribution in [0.3, 0.4) is 0 Å². The lowest BCUT2D eigenvalue weighted by molar-refractivity contribution is -0.145. The summed E-state index contributed by atoms with van der Waals surface area (Å²) < 4.78 is 16.4. The molecule has 0 saturated heterocycles. The third kappa shape index (κ3) is 4.07. The number of hydrogen-bond donors (Lipinski definition) is 1. The number of carbonyl (C=O) groups excluding carboxylic acids is 2. The molecule has 2 heterocycles. The Balaban J connectivity index is 1.49. The zero-order valence-electron chi connectivity index (χ0n) is 16.4. The summed E-state index contributed by atoms with van der Waals surface area (Å²) in [4.78, 5) is 24.8. The van der Waals surface area contributed by atoms with E-state index in [-0.39, 0.29) is 24.0 Å². The Kier molecular flexibility index (Phi) is 5.30. The molecule has 0 amide bonds. The molecular weight excluding hydrogens is 386 g/mol. The van der Waals surface area contributed by atoms with E-state index in [4.69, 9.17) is 13.9 Å². The Hall–Kier alpha value is -3.94. The quantitative estimate of drug-likeness (QED) is 0.490. The van der Waals surface area contributed by atoms with E-state index in [2.05, 4.69) is 15.5 Å². The van der Waals surface area contributed by atoms with Crippen LogP contribution in [0.15, 0.2) is 70.5 Å². The zero-order valence-corrected chi connectivity index (χ0v) is 16.4. The van der Waals surface area contributed by atoms with Crippen molar-refractivity contribution in [2.45, 2.75) is 20.0 Å². The highest BCUT2D eigenvalue weighted by atomic mass is 16.6. The van der Waals surface area contributed by atoms with E-state index in [1.165, 1.54) is 0 Å². The lowest BCUT2D eigenvalue weighted by atomic mass is 10.1. The fourth-order valence-corrected chi connectivity index (χ4v) is 2.85. The van der Waals surface area contributed by atoms with Crippen molar-refractivity contribution in [1.82, 2.24) is 10.2 Å². The van der Waals surface area contributed by atoms with Crippen LogP contribution >= 0.6 is 0 Å². The van der Waals surface area contributed by atoms with E-state index in [1.54, 1.807) is 19.1 Å². The molecule has 1 N–H and O–H groups in total. The Bertz CT molecular complexity index is 1100. The van der Waals surface area contributed by atoms with E-state index in [0.29, 0.717) is 11.6 Å². The molecule has 30 heavy (non-hydrogen) atoms. The van der Waals surface area contributed by atoms with E-state index >= 15 is 0 Å². The molecule has 0 fully saturated rings. The summed E-state index contributed by atoms with van der Waals surface area (Å²) in [5, 5.41) is 10.9. The Labute approximate surface area is 172 Å². The molecule has 8 heteroatoms. The van der Waals surface area contributed by atoms with Gasteiger partial charge in [0.15, 0.2) is 18.3 Å². The van der Waals surface area contributed by atoms with Gasteiger partial charge >= 0.3 is 5.97 Å². The average Bonchev–Trinajstić information content (AvgIpc) is 3.37. The number of hydrogen-bond acceptors (Lipinski definition) is 8. The molecule has 0 bridgehead atoms. The molecule has 8 nitrogen and oxygen atoms in total. The maximum atomic E-state index is 12.6. The number of Topliss-reactive ketones (excluding diaryl/α,β-unsaturated/α-hetero) is 1. The van der Waals surface area contributed by atoms with Gasteiger partial charge in [-0.15, -0.1) is 10.2 Å². The summed E-state index contributed by atoms with van der Waals surface area (Å²) in [6.45, 7) is 3.34. The van der Waals surface area contributed by atoms with Gasteiger partial charge in [-0.3, -0.25) is 4.79 Å². The van der Waals surface area contributed by atoms with Gasteiger partial charge in [0.1, 0.15) is 0 Å². The highest BCUT2D eigenvalue weighted by Gasteiger charge is 2.34. The van der Waals surface area contributed by atoms with Crippen molar-refractivity contribution in [3.63, 3.8) is 0 Å². The Morgan fingerprint density at radius 2 is 1.83 bits per heavy atom. The van der Waals surface area contributed by atoms with Crippen LogP contribution in [0.1, 0.15) is 24.5 Å². The first kappa shape index (κ1) is 19.4.